The van der Waals surface area contributed by atoms with E-state index in [1.165, 1.54) is 12.1 Å². The Morgan fingerprint density at radius 3 is 2.44 bits per heavy atom. The van der Waals surface area contributed by atoms with Crippen molar-refractivity contribution in [1.29, 1.82) is 0 Å². The number of hydrogen-bond acceptors (Lipinski definition) is 4. The summed E-state index contributed by atoms with van der Waals surface area (Å²) in [6.07, 6.45) is -0.00930. The zero-order valence-electron chi connectivity index (χ0n) is 11.3. The van der Waals surface area contributed by atoms with Crippen LogP contribution in [0.15, 0.2) is 18.2 Å². The zero-order valence-corrected chi connectivity index (χ0v) is 11.3. The van der Waals surface area contributed by atoms with Crippen LogP contribution in [0, 0.1) is 16.0 Å². The lowest BCUT2D eigenvalue weighted by molar-refractivity contribution is -0.384. The Kier molecular flexibility index (Phi) is 4.95. The van der Waals surface area contributed by atoms with Gasteiger partial charge in [0.05, 0.1) is 17.1 Å². The molecule has 0 saturated heterocycles. The summed E-state index contributed by atoms with van der Waals surface area (Å²) in [6.45, 7) is 8.70. The molecule has 0 spiro atoms. The number of hydrogen-bond donors (Lipinski definition) is 1. The second-order valence-electron chi connectivity index (χ2n) is 4.91. The van der Waals surface area contributed by atoms with Gasteiger partial charge in [-0.1, -0.05) is 13.8 Å². The summed E-state index contributed by atoms with van der Waals surface area (Å²) in [5, 5.41) is 14.0. The third-order valence-corrected chi connectivity index (χ3v) is 2.19. The molecule has 5 heteroatoms. The second-order valence-corrected chi connectivity index (χ2v) is 4.91. The van der Waals surface area contributed by atoms with Crippen LogP contribution < -0.4 is 10.1 Å². The maximum Gasteiger partial charge on any atom is 0.275 e. The summed E-state index contributed by atoms with van der Waals surface area (Å²) in [6, 6.07) is 4.76. The fourth-order valence-electron chi connectivity index (χ4n) is 1.45. The molecule has 0 unspecified atom stereocenters. The molecule has 0 saturated carbocycles. The number of nitro groups is 1. The number of rotatable bonds is 6. The molecule has 18 heavy (non-hydrogen) atoms. The van der Waals surface area contributed by atoms with Gasteiger partial charge in [-0.2, -0.15) is 0 Å². The fourth-order valence-corrected chi connectivity index (χ4v) is 1.45. The second kappa shape index (κ2) is 6.23. The molecule has 1 aromatic carbocycles. The first-order valence-corrected chi connectivity index (χ1v) is 6.08. The first-order valence-electron chi connectivity index (χ1n) is 6.08. The summed E-state index contributed by atoms with van der Waals surface area (Å²) in [7, 11) is 0. The quantitative estimate of drug-likeness (QED) is 0.622. The normalized spacial score (nSPS) is 10.8. The largest absolute Gasteiger partial charge is 0.491 e. The number of ether oxygens (including phenoxy) is 1. The Bertz CT molecular complexity index is 417. The van der Waals surface area contributed by atoms with Crippen molar-refractivity contribution in [1.82, 2.24) is 0 Å². The fraction of sp³-hybridized carbons (Fsp3) is 0.538. The average molecular weight is 252 g/mol. The predicted octanol–water partition coefficient (Wildman–Crippen LogP) is 3.45. The van der Waals surface area contributed by atoms with Gasteiger partial charge in [-0.15, -0.1) is 0 Å². The average Bonchev–Trinajstić information content (AvgIpc) is 2.25. The molecule has 100 valence electrons. The molecule has 0 aromatic heterocycles. The molecule has 0 atom stereocenters. The van der Waals surface area contributed by atoms with Crippen molar-refractivity contribution >= 4 is 11.4 Å². The molecular formula is C13H20N2O3. The molecule has 0 aliphatic heterocycles. The number of benzene rings is 1. The topological polar surface area (TPSA) is 64.4 Å². The molecule has 0 radical (unpaired) electrons. The van der Waals surface area contributed by atoms with Crippen LogP contribution in [0.3, 0.4) is 0 Å². The van der Waals surface area contributed by atoms with Crippen molar-refractivity contribution < 1.29 is 9.66 Å². The van der Waals surface area contributed by atoms with E-state index >= 15 is 0 Å². The summed E-state index contributed by atoms with van der Waals surface area (Å²) >= 11 is 0. The number of non-ortho nitro benzene ring substituents is 1. The third kappa shape index (κ3) is 4.61. The number of nitrogens with zero attached hydrogens (tertiary/aromatic N) is 1. The third-order valence-electron chi connectivity index (χ3n) is 2.19. The van der Waals surface area contributed by atoms with Gasteiger partial charge in [-0.05, 0) is 19.8 Å². The van der Waals surface area contributed by atoms with Crippen molar-refractivity contribution in [2.24, 2.45) is 5.92 Å². The van der Waals surface area contributed by atoms with E-state index in [0.717, 1.165) is 6.54 Å². The van der Waals surface area contributed by atoms with E-state index in [2.05, 4.69) is 19.2 Å². The molecule has 0 fully saturated rings. The van der Waals surface area contributed by atoms with Crippen LogP contribution in [0.25, 0.3) is 0 Å². The van der Waals surface area contributed by atoms with Gasteiger partial charge in [0.1, 0.15) is 5.75 Å². The summed E-state index contributed by atoms with van der Waals surface area (Å²) in [4.78, 5) is 10.4. The lowest BCUT2D eigenvalue weighted by Crippen LogP contribution is -2.09. The molecule has 0 aliphatic carbocycles. The van der Waals surface area contributed by atoms with E-state index in [-0.39, 0.29) is 11.8 Å². The van der Waals surface area contributed by atoms with E-state index in [4.69, 9.17) is 4.74 Å². The van der Waals surface area contributed by atoms with Crippen LogP contribution in [0.4, 0.5) is 11.4 Å². The number of anilines is 1. The Balaban J connectivity index is 2.94. The van der Waals surface area contributed by atoms with Gasteiger partial charge in [0.25, 0.3) is 5.69 Å². The highest BCUT2D eigenvalue weighted by atomic mass is 16.6. The van der Waals surface area contributed by atoms with Crippen LogP contribution in [0.1, 0.15) is 27.7 Å². The van der Waals surface area contributed by atoms with Gasteiger partial charge in [0, 0.05) is 24.4 Å². The van der Waals surface area contributed by atoms with Crippen LogP contribution in [0.5, 0.6) is 5.75 Å². The monoisotopic (exact) mass is 252 g/mol. The van der Waals surface area contributed by atoms with Crippen molar-refractivity contribution in [2.75, 3.05) is 11.9 Å². The minimum absolute atomic E-state index is 0.00930. The molecule has 0 bridgehead atoms. The van der Waals surface area contributed by atoms with Crippen LogP contribution in [0.2, 0.25) is 0 Å². The summed E-state index contributed by atoms with van der Waals surface area (Å²) < 4.78 is 5.51. The highest BCUT2D eigenvalue weighted by Gasteiger charge is 2.11. The highest BCUT2D eigenvalue weighted by Crippen LogP contribution is 2.26. The van der Waals surface area contributed by atoms with E-state index in [9.17, 15) is 10.1 Å². The molecule has 1 rings (SSSR count). The minimum Gasteiger partial charge on any atom is -0.491 e. The Morgan fingerprint density at radius 1 is 1.28 bits per heavy atom. The standard InChI is InChI=1S/C13H20N2O3/c1-9(2)8-14-11-5-12(15(16)17)7-13(6-11)18-10(3)4/h5-7,9-10,14H,8H2,1-4H3. The van der Waals surface area contributed by atoms with Gasteiger partial charge in [0.2, 0.25) is 0 Å². The van der Waals surface area contributed by atoms with Gasteiger partial charge in [-0.3, -0.25) is 10.1 Å². The molecular weight excluding hydrogens is 232 g/mol. The molecule has 1 N–H and O–H groups in total. The first-order chi connectivity index (χ1) is 8.38. The Morgan fingerprint density at radius 2 is 1.94 bits per heavy atom. The SMILES string of the molecule is CC(C)CNc1cc(OC(C)C)cc([N+](=O)[O-])c1. The predicted molar refractivity (Wildman–Crippen MR) is 72.2 cm³/mol. The Hall–Kier alpha value is -1.78. The summed E-state index contributed by atoms with van der Waals surface area (Å²) in [5.41, 5.74) is 0.757. The van der Waals surface area contributed by atoms with Crippen molar-refractivity contribution in [3.63, 3.8) is 0 Å². The molecule has 5 nitrogen and oxygen atoms in total. The van der Waals surface area contributed by atoms with Gasteiger partial charge < -0.3 is 10.1 Å². The number of nitrogens with one attached hydrogen (secondary N) is 1. The van der Waals surface area contributed by atoms with Crippen LogP contribution in [-0.4, -0.2) is 17.6 Å². The Labute approximate surface area is 107 Å². The highest BCUT2D eigenvalue weighted by molar-refractivity contribution is 5.56. The van der Waals surface area contributed by atoms with Crippen molar-refractivity contribution in [3.05, 3.63) is 28.3 Å². The molecule has 1 aromatic rings. The number of nitro benzene ring substituents is 1. The van der Waals surface area contributed by atoms with Crippen molar-refractivity contribution in [2.45, 2.75) is 33.8 Å². The molecule has 0 amide bonds. The maximum atomic E-state index is 10.9. The van der Waals surface area contributed by atoms with Crippen LogP contribution >= 0.6 is 0 Å². The smallest absolute Gasteiger partial charge is 0.275 e. The summed E-state index contributed by atoms with van der Waals surface area (Å²) in [5.74, 6) is 0.990. The first kappa shape index (κ1) is 14.3. The minimum atomic E-state index is -0.409. The maximum absolute atomic E-state index is 10.9. The lowest BCUT2D eigenvalue weighted by atomic mass is 10.2. The van der Waals surface area contributed by atoms with Gasteiger partial charge in [-0.25, -0.2) is 0 Å². The lowest BCUT2D eigenvalue weighted by Gasteiger charge is -2.13. The molecule has 0 heterocycles. The van der Waals surface area contributed by atoms with E-state index in [1.807, 2.05) is 13.8 Å². The zero-order chi connectivity index (χ0) is 13.7. The van der Waals surface area contributed by atoms with E-state index < -0.39 is 4.92 Å². The molecule has 0 aliphatic rings. The van der Waals surface area contributed by atoms with Gasteiger partial charge in [0.15, 0.2) is 0 Å². The van der Waals surface area contributed by atoms with Gasteiger partial charge >= 0.3 is 0 Å². The van der Waals surface area contributed by atoms with Crippen LogP contribution in [-0.2, 0) is 0 Å². The van der Waals surface area contributed by atoms with E-state index in [1.54, 1.807) is 6.07 Å². The van der Waals surface area contributed by atoms with Crippen molar-refractivity contribution in [3.8, 4) is 5.75 Å². The van der Waals surface area contributed by atoms with E-state index in [0.29, 0.717) is 17.4 Å².